The minimum absolute atomic E-state index is 0.0804. The Labute approximate surface area is 142 Å². The molecule has 6 nitrogen and oxygen atoms in total. The van der Waals surface area contributed by atoms with Crippen LogP contribution in [0.25, 0.3) is 0 Å². The highest BCUT2D eigenvalue weighted by molar-refractivity contribution is 6.00. The summed E-state index contributed by atoms with van der Waals surface area (Å²) in [6.07, 6.45) is 4.66. The van der Waals surface area contributed by atoms with Crippen molar-refractivity contribution in [1.82, 2.24) is 15.1 Å². The number of nitrogens with zero attached hydrogens (tertiary/aromatic N) is 3. The molecule has 1 aromatic heterocycles. The molecule has 3 rings (SSSR count). The van der Waals surface area contributed by atoms with Gasteiger partial charge in [0.15, 0.2) is 0 Å². The predicted octanol–water partition coefficient (Wildman–Crippen LogP) is 2.37. The topological polar surface area (TPSA) is 59.4 Å². The summed E-state index contributed by atoms with van der Waals surface area (Å²) in [5.41, 5.74) is 1.93. The van der Waals surface area contributed by atoms with E-state index >= 15 is 0 Å². The average molecular weight is 328 g/mol. The number of aryl methyl sites for hydroxylation is 1. The van der Waals surface area contributed by atoms with Crippen LogP contribution >= 0.6 is 0 Å². The number of hydrogen-bond donors (Lipinski definition) is 1. The molecule has 2 heterocycles. The third kappa shape index (κ3) is 3.14. The van der Waals surface area contributed by atoms with Crippen molar-refractivity contribution in [2.45, 2.75) is 38.9 Å². The van der Waals surface area contributed by atoms with Gasteiger partial charge in [-0.1, -0.05) is 12.1 Å². The third-order valence-corrected chi connectivity index (χ3v) is 4.51. The van der Waals surface area contributed by atoms with Gasteiger partial charge in [-0.05, 0) is 32.4 Å². The fourth-order valence-corrected chi connectivity index (χ4v) is 3.10. The van der Waals surface area contributed by atoms with Crippen LogP contribution in [-0.4, -0.2) is 35.4 Å². The Hall–Kier alpha value is -2.34. The van der Waals surface area contributed by atoms with Crippen LogP contribution in [0, 0.1) is 0 Å². The van der Waals surface area contributed by atoms with Crippen LogP contribution in [0.4, 0.5) is 5.69 Å². The number of benzene rings is 1. The van der Waals surface area contributed by atoms with Gasteiger partial charge >= 0.3 is 0 Å². The minimum Gasteiger partial charge on any atom is -0.495 e. The number of ether oxygens (including phenoxy) is 1. The number of amides is 1. The van der Waals surface area contributed by atoms with E-state index in [-0.39, 0.29) is 18.0 Å². The van der Waals surface area contributed by atoms with Crippen molar-refractivity contribution in [3.05, 3.63) is 42.2 Å². The Morgan fingerprint density at radius 3 is 2.92 bits per heavy atom. The van der Waals surface area contributed by atoms with Crippen LogP contribution in [0.3, 0.4) is 0 Å². The molecule has 1 N–H and O–H groups in total. The van der Waals surface area contributed by atoms with Crippen LogP contribution < -0.4 is 15.0 Å². The van der Waals surface area contributed by atoms with E-state index in [9.17, 15) is 4.79 Å². The van der Waals surface area contributed by atoms with Gasteiger partial charge in [0.1, 0.15) is 5.75 Å². The van der Waals surface area contributed by atoms with Crippen molar-refractivity contribution in [2.24, 2.45) is 0 Å². The van der Waals surface area contributed by atoms with E-state index < -0.39 is 0 Å². The molecule has 1 aromatic carbocycles. The fraction of sp³-hybridized carbons (Fsp3) is 0.444. The van der Waals surface area contributed by atoms with Crippen molar-refractivity contribution in [2.75, 3.05) is 18.6 Å². The fourth-order valence-electron chi connectivity index (χ4n) is 3.10. The highest BCUT2D eigenvalue weighted by atomic mass is 16.5. The summed E-state index contributed by atoms with van der Waals surface area (Å²) in [5, 5.41) is 7.73. The minimum atomic E-state index is -0.185. The number of aromatic nitrogens is 2. The summed E-state index contributed by atoms with van der Waals surface area (Å²) in [4.78, 5) is 14.6. The highest BCUT2D eigenvalue weighted by Crippen LogP contribution is 2.31. The lowest BCUT2D eigenvalue weighted by molar-refractivity contribution is -0.119. The summed E-state index contributed by atoms with van der Waals surface area (Å²) in [7, 11) is 1.63. The van der Waals surface area contributed by atoms with Gasteiger partial charge in [-0.25, -0.2) is 0 Å². The number of rotatable bonds is 6. The number of methoxy groups -OCH3 is 1. The van der Waals surface area contributed by atoms with E-state index in [1.165, 1.54) is 0 Å². The second-order valence-corrected chi connectivity index (χ2v) is 6.02. The molecule has 0 aliphatic carbocycles. The van der Waals surface area contributed by atoms with Gasteiger partial charge in [0.2, 0.25) is 5.91 Å². The summed E-state index contributed by atoms with van der Waals surface area (Å²) in [6.45, 7) is 5.66. The van der Waals surface area contributed by atoms with Gasteiger partial charge in [0.05, 0.1) is 25.0 Å². The second-order valence-electron chi connectivity index (χ2n) is 6.02. The van der Waals surface area contributed by atoms with Crippen molar-refractivity contribution in [3.63, 3.8) is 0 Å². The SMILES string of the molecule is CCn1cc([C@@H](C)N[C@H]2CCN(c3ccccc3OC)C2=O)cn1. The summed E-state index contributed by atoms with van der Waals surface area (Å²) in [5.74, 6) is 0.818. The van der Waals surface area contributed by atoms with E-state index in [0.29, 0.717) is 6.54 Å². The van der Waals surface area contributed by atoms with Crippen LogP contribution in [0.2, 0.25) is 0 Å². The number of hydrogen-bond acceptors (Lipinski definition) is 4. The molecular weight excluding hydrogens is 304 g/mol. The number of nitrogens with one attached hydrogen (secondary N) is 1. The first-order valence-corrected chi connectivity index (χ1v) is 8.36. The van der Waals surface area contributed by atoms with Crippen LogP contribution in [0.15, 0.2) is 36.7 Å². The number of carbonyl (C=O) groups excluding carboxylic acids is 1. The normalized spacial score (nSPS) is 18.9. The van der Waals surface area contributed by atoms with E-state index in [2.05, 4.69) is 24.3 Å². The van der Waals surface area contributed by atoms with Crippen LogP contribution in [0.5, 0.6) is 5.75 Å². The Balaban J connectivity index is 1.70. The maximum absolute atomic E-state index is 12.8. The lowest BCUT2D eigenvalue weighted by Gasteiger charge is -2.21. The quantitative estimate of drug-likeness (QED) is 0.884. The monoisotopic (exact) mass is 328 g/mol. The molecule has 2 atom stereocenters. The largest absolute Gasteiger partial charge is 0.495 e. The van der Waals surface area contributed by atoms with Gasteiger partial charge in [-0.2, -0.15) is 5.10 Å². The van der Waals surface area contributed by atoms with Gasteiger partial charge in [0.25, 0.3) is 0 Å². The van der Waals surface area contributed by atoms with E-state index in [0.717, 1.165) is 30.0 Å². The van der Waals surface area contributed by atoms with Crippen LogP contribution in [-0.2, 0) is 11.3 Å². The van der Waals surface area contributed by atoms with E-state index in [1.54, 1.807) is 12.0 Å². The highest BCUT2D eigenvalue weighted by Gasteiger charge is 2.34. The Morgan fingerprint density at radius 1 is 1.42 bits per heavy atom. The molecule has 0 spiro atoms. The second kappa shape index (κ2) is 7.05. The molecule has 0 radical (unpaired) electrons. The van der Waals surface area contributed by atoms with Crippen LogP contribution in [0.1, 0.15) is 31.9 Å². The Kier molecular flexibility index (Phi) is 4.85. The lowest BCUT2D eigenvalue weighted by atomic mass is 10.1. The van der Waals surface area contributed by atoms with E-state index in [1.807, 2.05) is 41.3 Å². The molecule has 0 saturated carbocycles. The predicted molar refractivity (Wildman–Crippen MR) is 93.2 cm³/mol. The average Bonchev–Trinajstić information content (AvgIpc) is 3.22. The van der Waals surface area contributed by atoms with Crippen molar-refractivity contribution in [3.8, 4) is 5.75 Å². The zero-order valence-corrected chi connectivity index (χ0v) is 14.4. The molecule has 128 valence electrons. The van der Waals surface area contributed by atoms with E-state index in [4.69, 9.17) is 4.74 Å². The van der Waals surface area contributed by atoms with Gasteiger partial charge < -0.3 is 9.64 Å². The zero-order chi connectivity index (χ0) is 17.1. The summed E-state index contributed by atoms with van der Waals surface area (Å²) in [6, 6.07) is 7.53. The zero-order valence-electron chi connectivity index (χ0n) is 14.4. The first-order valence-electron chi connectivity index (χ1n) is 8.36. The summed E-state index contributed by atoms with van der Waals surface area (Å²) < 4.78 is 7.28. The number of para-hydroxylation sites is 2. The van der Waals surface area contributed by atoms with Crippen molar-refractivity contribution in [1.29, 1.82) is 0 Å². The third-order valence-electron chi connectivity index (χ3n) is 4.51. The Bertz CT molecular complexity index is 713. The molecule has 24 heavy (non-hydrogen) atoms. The lowest BCUT2D eigenvalue weighted by Crippen LogP contribution is -2.39. The van der Waals surface area contributed by atoms with Crippen molar-refractivity contribution < 1.29 is 9.53 Å². The molecule has 1 aliphatic rings. The van der Waals surface area contributed by atoms with Gasteiger partial charge in [-0.15, -0.1) is 0 Å². The molecule has 1 amide bonds. The van der Waals surface area contributed by atoms with Crippen molar-refractivity contribution >= 4 is 11.6 Å². The molecule has 0 unspecified atom stereocenters. The number of carbonyl (C=O) groups is 1. The molecule has 1 fully saturated rings. The number of anilines is 1. The molecule has 2 aromatic rings. The van der Waals surface area contributed by atoms with Gasteiger partial charge in [0, 0.05) is 30.9 Å². The molecule has 1 saturated heterocycles. The molecule has 1 aliphatic heterocycles. The maximum atomic E-state index is 12.8. The maximum Gasteiger partial charge on any atom is 0.244 e. The standard InChI is InChI=1S/C18H24N4O2/c1-4-21-12-14(11-19-21)13(2)20-15-9-10-22(18(15)23)16-7-5-6-8-17(16)24-3/h5-8,11-13,15,20H,4,9-10H2,1-3H3/t13-,15+/m1/s1. The Morgan fingerprint density at radius 2 is 2.21 bits per heavy atom. The molecule has 0 bridgehead atoms. The molecule has 6 heteroatoms. The molecular formula is C18H24N4O2. The first kappa shape index (κ1) is 16.5. The summed E-state index contributed by atoms with van der Waals surface area (Å²) >= 11 is 0. The first-order chi connectivity index (χ1) is 11.6. The van der Waals surface area contributed by atoms with Gasteiger partial charge in [-0.3, -0.25) is 14.8 Å². The smallest absolute Gasteiger partial charge is 0.244 e.